The van der Waals surface area contributed by atoms with Crippen molar-refractivity contribution in [2.75, 3.05) is 0 Å². The molecule has 146 valence electrons. The summed E-state index contributed by atoms with van der Waals surface area (Å²) in [5.74, 6) is -1.90. The van der Waals surface area contributed by atoms with Gasteiger partial charge in [-0.05, 0) is 37.3 Å². The van der Waals surface area contributed by atoms with Crippen LogP contribution in [-0.4, -0.2) is 26.6 Å². The van der Waals surface area contributed by atoms with Crippen LogP contribution in [0.5, 0.6) is 0 Å². The topological polar surface area (TPSA) is 100 Å². The van der Waals surface area contributed by atoms with Gasteiger partial charge in [0.15, 0.2) is 12.4 Å². The molecular formula is C21H18N4O3S. The molecule has 4 heterocycles. The molecule has 3 aromatic rings. The summed E-state index contributed by atoms with van der Waals surface area (Å²) in [5.41, 5.74) is 1.95. The molecule has 1 aliphatic heterocycles. The number of thiazole rings is 1. The highest BCUT2D eigenvalue weighted by Gasteiger charge is 2.40. The van der Waals surface area contributed by atoms with Crippen molar-refractivity contribution in [2.45, 2.75) is 26.4 Å². The van der Waals surface area contributed by atoms with Gasteiger partial charge in [0, 0.05) is 29.6 Å². The number of ketones is 1. The van der Waals surface area contributed by atoms with E-state index in [-0.39, 0.29) is 12.1 Å². The number of hydrogen-bond donors (Lipinski definition) is 0. The number of aromatic nitrogens is 3. The van der Waals surface area contributed by atoms with Gasteiger partial charge in [0.2, 0.25) is 11.7 Å². The molecule has 0 saturated carbocycles. The first-order valence-electron chi connectivity index (χ1n) is 9.03. The number of nitrogens with one attached hydrogen (secondary N) is 1. The lowest BCUT2D eigenvalue weighted by Crippen LogP contribution is -2.32. The van der Waals surface area contributed by atoms with Gasteiger partial charge in [0.25, 0.3) is 0 Å². The van der Waals surface area contributed by atoms with Crippen molar-refractivity contribution >= 4 is 23.0 Å². The molecule has 1 N–H and O–H groups in total. The average molecular weight is 406 g/mol. The van der Waals surface area contributed by atoms with Crippen molar-refractivity contribution in [3.63, 3.8) is 0 Å². The molecule has 4 rings (SSSR count). The quantitative estimate of drug-likeness (QED) is 0.599. The van der Waals surface area contributed by atoms with Crippen LogP contribution in [0.4, 0.5) is 0 Å². The zero-order valence-corrected chi connectivity index (χ0v) is 16.7. The fourth-order valence-corrected chi connectivity index (χ4v) is 4.38. The van der Waals surface area contributed by atoms with Gasteiger partial charge in [-0.15, -0.1) is 11.3 Å². The van der Waals surface area contributed by atoms with E-state index in [2.05, 4.69) is 15.0 Å². The molecule has 7 nitrogen and oxygen atoms in total. The maximum Gasteiger partial charge on any atom is 0.240 e. The van der Waals surface area contributed by atoms with E-state index < -0.39 is 23.5 Å². The van der Waals surface area contributed by atoms with E-state index in [1.54, 1.807) is 50.8 Å². The summed E-state index contributed by atoms with van der Waals surface area (Å²) < 4.78 is 0. The number of pyridine rings is 2. The van der Waals surface area contributed by atoms with E-state index >= 15 is 0 Å². The molecule has 0 fully saturated rings. The average Bonchev–Trinajstić information content (AvgIpc) is 3.19. The van der Waals surface area contributed by atoms with E-state index in [0.717, 1.165) is 10.6 Å². The first-order chi connectivity index (χ1) is 14.0. The van der Waals surface area contributed by atoms with Gasteiger partial charge < -0.3 is 10.0 Å². The van der Waals surface area contributed by atoms with E-state index in [1.165, 1.54) is 16.2 Å². The summed E-state index contributed by atoms with van der Waals surface area (Å²) in [4.78, 5) is 39.4. The molecule has 1 amide bonds. The molecule has 0 bridgehead atoms. The molecule has 0 aliphatic carbocycles. The van der Waals surface area contributed by atoms with Gasteiger partial charge in [-0.3, -0.25) is 14.6 Å². The molecule has 0 aromatic carbocycles. The number of Topliss-reactive ketones (excluding diaryl/α,β-unsaturated/α-hetero) is 1. The van der Waals surface area contributed by atoms with Gasteiger partial charge in [0.05, 0.1) is 28.2 Å². The Bertz CT molecular complexity index is 1110. The lowest BCUT2D eigenvalue weighted by Gasteiger charge is -2.27. The number of H-pyrrole nitrogens is 1. The fourth-order valence-electron chi connectivity index (χ4n) is 3.51. The Morgan fingerprint density at radius 2 is 2.14 bits per heavy atom. The predicted octanol–water partition coefficient (Wildman–Crippen LogP) is 1.55. The number of carbonyl (C=O) groups excluding carboxylic acids is 2. The Labute approximate surface area is 171 Å². The summed E-state index contributed by atoms with van der Waals surface area (Å²) in [6, 6.07) is 6.37. The Balaban J connectivity index is 1.81. The van der Waals surface area contributed by atoms with Crippen LogP contribution in [0.2, 0.25) is 0 Å². The van der Waals surface area contributed by atoms with Gasteiger partial charge in [-0.2, -0.15) is 0 Å². The number of hydrogen-bond acceptors (Lipinski definition) is 6. The second-order valence-electron chi connectivity index (χ2n) is 6.75. The second kappa shape index (κ2) is 7.56. The highest BCUT2D eigenvalue weighted by atomic mass is 32.1. The molecule has 8 heteroatoms. The maximum atomic E-state index is 13.3. The Morgan fingerprint density at radius 1 is 1.31 bits per heavy atom. The SMILES string of the molecule is Cc1nc(C)c(C(=O)C2=C([O-])C(=O)N(Cc3ccc[nH+]c3)C2c2cccnc2)s1. The fraction of sp³-hybridized carbons (Fsp3) is 0.190. The number of amides is 1. The van der Waals surface area contributed by atoms with Crippen molar-refractivity contribution in [1.82, 2.24) is 14.9 Å². The summed E-state index contributed by atoms with van der Waals surface area (Å²) in [7, 11) is 0. The van der Waals surface area contributed by atoms with Gasteiger partial charge in [-0.1, -0.05) is 6.07 Å². The highest BCUT2D eigenvalue weighted by molar-refractivity contribution is 7.14. The molecule has 1 atom stereocenters. The van der Waals surface area contributed by atoms with E-state index in [4.69, 9.17) is 0 Å². The summed E-state index contributed by atoms with van der Waals surface area (Å²) in [6.45, 7) is 3.73. The first kappa shape index (κ1) is 18.9. The Hall–Kier alpha value is -3.39. The molecule has 1 aliphatic rings. The van der Waals surface area contributed by atoms with Crippen molar-refractivity contribution in [3.05, 3.63) is 87.1 Å². The highest BCUT2D eigenvalue weighted by Crippen LogP contribution is 2.39. The van der Waals surface area contributed by atoms with Crippen LogP contribution in [0.15, 0.2) is 60.4 Å². The minimum atomic E-state index is -0.793. The number of nitrogens with zero attached hydrogens (tertiary/aromatic N) is 3. The van der Waals surface area contributed by atoms with Crippen LogP contribution >= 0.6 is 11.3 Å². The van der Waals surface area contributed by atoms with Crippen LogP contribution in [0.1, 0.15) is 37.5 Å². The first-order valence-corrected chi connectivity index (χ1v) is 9.85. The minimum Gasteiger partial charge on any atom is -0.868 e. The normalized spacial score (nSPS) is 16.6. The lowest BCUT2D eigenvalue weighted by molar-refractivity contribution is -0.378. The number of rotatable bonds is 5. The molecule has 1 unspecified atom stereocenters. The summed E-state index contributed by atoms with van der Waals surface area (Å²) >= 11 is 1.23. The molecular weight excluding hydrogens is 388 g/mol. The van der Waals surface area contributed by atoms with Crippen LogP contribution < -0.4 is 10.1 Å². The van der Waals surface area contributed by atoms with Gasteiger partial charge in [0.1, 0.15) is 0 Å². The third-order valence-electron chi connectivity index (χ3n) is 4.76. The van der Waals surface area contributed by atoms with Gasteiger partial charge in [-0.25, -0.2) is 9.97 Å². The predicted molar refractivity (Wildman–Crippen MR) is 103 cm³/mol. The number of carbonyl (C=O) groups is 2. The maximum absolute atomic E-state index is 13.3. The van der Waals surface area contributed by atoms with Crippen molar-refractivity contribution < 1.29 is 19.7 Å². The summed E-state index contributed by atoms with van der Waals surface area (Å²) in [6.07, 6.45) is 6.71. The third-order valence-corrected chi connectivity index (χ3v) is 5.84. The molecule has 0 spiro atoms. The summed E-state index contributed by atoms with van der Waals surface area (Å²) in [5, 5.41) is 13.7. The zero-order chi connectivity index (χ0) is 20.5. The Kier molecular flexibility index (Phi) is 4.94. The van der Waals surface area contributed by atoms with Crippen LogP contribution in [0, 0.1) is 13.8 Å². The van der Waals surface area contributed by atoms with Crippen LogP contribution in [0.25, 0.3) is 0 Å². The molecule has 29 heavy (non-hydrogen) atoms. The van der Waals surface area contributed by atoms with Crippen LogP contribution in [-0.2, 0) is 11.3 Å². The third kappa shape index (κ3) is 3.42. The van der Waals surface area contributed by atoms with E-state index in [0.29, 0.717) is 16.1 Å². The molecule has 0 radical (unpaired) electrons. The van der Waals surface area contributed by atoms with Crippen molar-refractivity contribution in [1.29, 1.82) is 0 Å². The molecule has 3 aromatic heterocycles. The minimum absolute atomic E-state index is 0.0466. The van der Waals surface area contributed by atoms with Crippen molar-refractivity contribution in [2.24, 2.45) is 0 Å². The lowest BCUT2D eigenvalue weighted by atomic mass is 9.96. The molecule has 0 saturated heterocycles. The standard InChI is InChI=1S/C21H18N4O3S/c1-12-20(29-13(2)24-12)18(26)16-17(15-6-4-8-23-10-15)25(21(28)19(16)27)11-14-5-3-7-22-9-14/h3-10,17,27H,11H2,1-2H3. The monoisotopic (exact) mass is 406 g/mol. The smallest absolute Gasteiger partial charge is 0.240 e. The van der Waals surface area contributed by atoms with Gasteiger partial charge >= 0.3 is 0 Å². The Morgan fingerprint density at radius 3 is 2.76 bits per heavy atom. The number of aryl methyl sites for hydroxylation is 2. The second-order valence-corrected chi connectivity index (χ2v) is 7.96. The van der Waals surface area contributed by atoms with E-state index in [9.17, 15) is 14.7 Å². The largest absolute Gasteiger partial charge is 0.868 e. The number of aromatic amines is 1. The van der Waals surface area contributed by atoms with Crippen molar-refractivity contribution in [3.8, 4) is 0 Å². The van der Waals surface area contributed by atoms with Crippen LogP contribution in [0.3, 0.4) is 0 Å². The zero-order valence-electron chi connectivity index (χ0n) is 15.9. The van der Waals surface area contributed by atoms with E-state index in [1.807, 2.05) is 12.1 Å².